The minimum Gasteiger partial charge on any atom is -0.483 e. The van der Waals surface area contributed by atoms with E-state index in [1.165, 1.54) is 0 Å². The number of alkyl halides is 6. The van der Waals surface area contributed by atoms with E-state index in [-0.39, 0.29) is 11.6 Å². The summed E-state index contributed by atoms with van der Waals surface area (Å²) in [5, 5.41) is 2.75. The zero-order chi connectivity index (χ0) is 21.8. The molecule has 0 heterocycles. The van der Waals surface area contributed by atoms with Gasteiger partial charge >= 0.3 is 12.4 Å². The van der Waals surface area contributed by atoms with Gasteiger partial charge in [-0.2, -0.15) is 26.3 Å². The molecule has 0 spiro atoms. The molecule has 0 aromatic heterocycles. The van der Waals surface area contributed by atoms with Crippen molar-refractivity contribution >= 4 is 15.9 Å². The van der Waals surface area contributed by atoms with Crippen LogP contribution in [-0.4, -0.2) is 19.0 Å². The fraction of sp³-hybridized carbons (Fsp3) is 0.250. The zero-order valence-corrected chi connectivity index (χ0v) is 16.7. The Kier molecular flexibility index (Phi) is 7.08. The molecule has 2 rings (SSSR count). The molecule has 0 fully saturated rings. The molecule has 1 unspecified atom stereocenters. The lowest BCUT2D eigenvalue weighted by molar-refractivity contribution is -0.163. The second kappa shape index (κ2) is 8.97. The van der Waals surface area contributed by atoms with Crippen LogP contribution in [0.1, 0.15) is 18.4 Å². The van der Waals surface area contributed by atoms with Gasteiger partial charge in [-0.05, 0) is 29.8 Å². The molecule has 156 valence electrons. The van der Waals surface area contributed by atoms with Gasteiger partial charge in [0.05, 0.1) is 11.3 Å². The van der Waals surface area contributed by atoms with Crippen molar-refractivity contribution in [2.45, 2.75) is 25.2 Å². The summed E-state index contributed by atoms with van der Waals surface area (Å²) in [5.74, 6) is -0.855. The Bertz CT molecular complexity index is 887. The molecule has 0 bridgehead atoms. The van der Waals surface area contributed by atoms with Crippen LogP contribution in [0.25, 0.3) is 0 Å². The van der Waals surface area contributed by atoms with Crippen molar-refractivity contribution in [3.63, 3.8) is 0 Å². The Labute approximate surface area is 172 Å². The van der Waals surface area contributed by atoms with Crippen LogP contribution < -0.4 is 5.32 Å². The quantitative estimate of drug-likeness (QED) is 0.363. The normalized spacial score (nSPS) is 15.7. The average Bonchev–Trinajstić information content (AvgIpc) is 2.82. The van der Waals surface area contributed by atoms with Gasteiger partial charge < -0.3 is 10.1 Å². The molecule has 2 nitrogen and oxygen atoms in total. The lowest BCUT2D eigenvalue weighted by Crippen LogP contribution is -2.18. The van der Waals surface area contributed by atoms with Crippen LogP contribution in [0.2, 0.25) is 0 Å². The van der Waals surface area contributed by atoms with Gasteiger partial charge in [-0.3, -0.25) is 0 Å². The minimum absolute atomic E-state index is 0.104. The van der Waals surface area contributed by atoms with E-state index in [0.717, 1.165) is 22.2 Å². The van der Waals surface area contributed by atoms with Crippen LogP contribution >= 0.6 is 15.9 Å². The smallest absolute Gasteiger partial charge is 0.422 e. The van der Waals surface area contributed by atoms with Crippen molar-refractivity contribution in [1.29, 1.82) is 0 Å². The van der Waals surface area contributed by atoms with Crippen molar-refractivity contribution in [3.8, 4) is 0 Å². The third-order valence-electron chi connectivity index (χ3n) is 3.89. The molecule has 1 atom stereocenters. The van der Waals surface area contributed by atoms with Crippen LogP contribution in [-0.2, 0) is 4.74 Å². The van der Waals surface area contributed by atoms with Gasteiger partial charge in [-0.1, -0.05) is 47.3 Å². The Morgan fingerprint density at radius 1 is 1.14 bits per heavy atom. The second-order valence-electron chi connectivity index (χ2n) is 6.17. The van der Waals surface area contributed by atoms with E-state index >= 15 is 0 Å². The zero-order valence-electron chi connectivity index (χ0n) is 15.1. The van der Waals surface area contributed by atoms with E-state index in [0.29, 0.717) is 11.8 Å². The first-order valence-electron chi connectivity index (χ1n) is 8.23. The maximum Gasteiger partial charge on any atom is 0.422 e. The number of halogens is 7. The highest BCUT2D eigenvalue weighted by Crippen LogP contribution is 2.31. The summed E-state index contributed by atoms with van der Waals surface area (Å²) in [6, 6.07) is 7.31. The molecule has 0 radical (unpaired) electrons. The summed E-state index contributed by atoms with van der Waals surface area (Å²) in [6.07, 6.45) is -7.32. The molecule has 1 N–H and O–H groups in total. The summed E-state index contributed by atoms with van der Waals surface area (Å²) < 4.78 is 82.0. The number of hydrogen-bond donors (Lipinski definition) is 1. The van der Waals surface area contributed by atoms with Crippen molar-refractivity contribution in [2.24, 2.45) is 0 Å². The van der Waals surface area contributed by atoms with E-state index in [2.05, 4.69) is 38.3 Å². The molecule has 1 aromatic carbocycles. The molecule has 29 heavy (non-hydrogen) atoms. The Balaban J connectivity index is 2.24. The largest absolute Gasteiger partial charge is 0.483 e. The van der Waals surface area contributed by atoms with Crippen molar-refractivity contribution in [1.82, 2.24) is 5.32 Å². The van der Waals surface area contributed by atoms with Crippen LogP contribution in [0, 0.1) is 0 Å². The highest BCUT2D eigenvalue weighted by molar-refractivity contribution is 9.10. The van der Waals surface area contributed by atoms with Crippen LogP contribution in [0.15, 0.2) is 82.0 Å². The lowest BCUT2D eigenvalue weighted by atomic mass is 9.98. The first kappa shape index (κ1) is 22.9. The average molecular weight is 480 g/mol. The third kappa shape index (κ3) is 7.18. The highest BCUT2D eigenvalue weighted by atomic mass is 79.9. The number of rotatable bonds is 6. The summed E-state index contributed by atoms with van der Waals surface area (Å²) in [5.41, 5.74) is 2.47. The maximum absolute atomic E-state index is 13.2. The van der Waals surface area contributed by atoms with Gasteiger partial charge in [0.15, 0.2) is 6.61 Å². The number of ether oxygens (including phenoxy) is 1. The third-order valence-corrected chi connectivity index (χ3v) is 4.41. The Morgan fingerprint density at radius 3 is 2.31 bits per heavy atom. The summed E-state index contributed by atoms with van der Waals surface area (Å²) in [7, 11) is 0. The molecule has 1 aromatic rings. The lowest BCUT2D eigenvalue weighted by Gasteiger charge is -2.18. The van der Waals surface area contributed by atoms with Crippen molar-refractivity contribution in [2.75, 3.05) is 6.61 Å². The molecule has 0 aliphatic heterocycles. The molecular weight excluding hydrogens is 464 g/mol. The predicted molar refractivity (Wildman–Crippen MR) is 101 cm³/mol. The van der Waals surface area contributed by atoms with Crippen LogP contribution in [0.4, 0.5) is 26.3 Å². The number of hydrogen-bond acceptors (Lipinski definition) is 2. The Morgan fingerprint density at radius 2 is 1.76 bits per heavy atom. The van der Waals surface area contributed by atoms with E-state index < -0.39 is 30.3 Å². The van der Waals surface area contributed by atoms with E-state index in [9.17, 15) is 26.3 Å². The maximum atomic E-state index is 13.2. The molecule has 0 saturated heterocycles. The topological polar surface area (TPSA) is 21.3 Å². The standard InChI is InChI=1S/C20H16BrF6NO/c1-12(14-3-5-16(21)6-4-14)13(2)28-17-7-8-18(29-11-19(22,23)24)10-15(9-17)20(25,26)27/h3-6,8-10,12,28H,2,11H2,1H3. The summed E-state index contributed by atoms with van der Waals surface area (Å²) in [4.78, 5) is 0. The van der Waals surface area contributed by atoms with Crippen LogP contribution in [0.3, 0.4) is 0 Å². The van der Waals surface area contributed by atoms with E-state index in [1.54, 1.807) is 0 Å². The molecule has 9 heteroatoms. The number of nitrogens with one attached hydrogen (secondary N) is 1. The molecular formula is C20H16BrF6NO. The van der Waals surface area contributed by atoms with Crippen molar-refractivity contribution in [3.05, 3.63) is 87.6 Å². The monoisotopic (exact) mass is 479 g/mol. The first-order chi connectivity index (χ1) is 13.3. The first-order valence-corrected chi connectivity index (χ1v) is 9.02. The fourth-order valence-electron chi connectivity index (χ4n) is 2.30. The van der Waals surface area contributed by atoms with Gasteiger partial charge in [0, 0.05) is 22.2 Å². The summed E-state index contributed by atoms with van der Waals surface area (Å²) >= 11 is 3.32. The van der Waals surface area contributed by atoms with Crippen LogP contribution in [0.5, 0.6) is 0 Å². The Hall–Kier alpha value is -2.38. The van der Waals surface area contributed by atoms with Gasteiger partial charge in [-0.25, -0.2) is 0 Å². The van der Waals surface area contributed by atoms with Gasteiger partial charge in [0.2, 0.25) is 0 Å². The van der Waals surface area contributed by atoms with Gasteiger partial charge in [-0.15, -0.1) is 0 Å². The van der Waals surface area contributed by atoms with Gasteiger partial charge in [0.25, 0.3) is 0 Å². The number of benzene rings is 1. The van der Waals surface area contributed by atoms with E-state index in [1.807, 2.05) is 31.2 Å². The van der Waals surface area contributed by atoms with Gasteiger partial charge in [0.1, 0.15) is 5.76 Å². The summed E-state index contributed by atoms with van der Waals surface area (Å²) in [6.45, 7) is 3.95. The second-order valence-corrected chi connectivity index (χ2v) is 7.09. The SMILES string of the molecule is C=C(NC1=C=CC(OCC(F)(F)F)=CC(C(F)(F)F)=C1)C(C)c1ccc(Br)cc1. The highest BCUT2D eigenvalue weighted by Gasteiger charge is 2.34. The molecule has 1 aliphatic rings. The predicted octanol–water partition coefficient (Wildman–Crippen LogP) is 6.66. The fourth-order valence-corrected chi connectivity index (χ4v) is 2.57. The minimum atomic E-state index is -4.79. The van der Waals surface area contributed by atoms with E-state index in [4.69, 9.17) is 0 Å². The molecule has 0 amide bonds. The molecule has 0 saturated carbocycles. The van der Waals surface area contributed by atoms with Crippen molar-refractivity contribution < 1.29 is 31.1 Å². The number of allylic oxidation sites excluding steroid dienone is 4. The molecule has 1 aliphatic carbocycles.